The van der Waals surface area contributed by atoms with Crippen molar-refractivity contribution in [2.24, 2.45) is 0 Å². The second-order valence-electron chi connectivity index (χ2n) is 8.81. The molecule has 2 N–H and O–H groups in total. The number of aryl methyl sites for hydroxylation is 1. The number of fused-ring (bicyclic) bond motifs is 1. The van der Waals surface area contributed by atoms with Gasteiger partial charge in [0.15, 0.2) is 17.1 Å². The Balaban J connectivity index is 2.18. The summed E-state index contributed by atoms with van der Waals surface area (Å²) in [7, 11) is 0. The van der Waals surface area contributed by atoms with Crippen LogP contribution in [0, 0.1) is 25.5 Å². The Morgan fingerprint density at radius 3 is 2.34 bits per heavy atom. The van der Waals surface area contributed by atoms with Gasteiger partial charge in [-0.1, -0.05) is 12.6 Å². The number of alkyl halides is 3. The van der Waals surface area contributed by atoms with Gasteiger partial charge in [-0.25, -0.2) is 13.6 Å². The summed E-state index contributed by atoms with van der Waals surface area (Å²) in [4.78, 5) is 24.8. The number of nitrogens with one attached hydrogen (secondary N) is 1. The molecule has 1 atom stereocenters. The first-order valence-corrected chi connectivity index (χ1v) is 11.3. The normalized spacial score (nSPS) is 13.5. The topological polar surface area (TPSA) is 79.5 Å². The first kappa shape index (κ1) is 28.4. The van der Waals surface area contributed by atoms with Crippen molar-refractivity contribution >= 4 is 16.9 Å². The number of carboxylic acids is 1. The summed E-state index contributed by atoms with van der Waals surface area (Å²) in [6.45, 7) is 8.98. The Bertz CT molecular complexity index is 1560. The molecule has 0 aliphatic heterocycles. The number of carboxylic acid groups (broad SMARTS) is 1. The minimum atomic E-state index is -4.70. The van der Waals surface area contributed by atoms with E-state index in [4.69, 9.17) is 4.42 Å². The highest BCUT2D eigenvalue weighted by Gasteiger charge is 2.30. The largest absolute Gasteiger partial charge is 0.478 e. The molecular formula is C28H24F5NO4. The third-order valence-corrected chi connectivity index (χ3v) is 5.95. The van der Waals surface area contributed by atoms with Gasteiger partial charge in [-0.3, -0.25) is 4.79 Å². The predicted octanol–water partition coefficient (Wildman–Crippen LogP) is 7.04. The Morgan fingerprint density at radius 2 is 1.76 bits per heavy atom. The van der Waals surface area contributed by atoms with Crippen molar-refractivity contribution in [1.29, 1.82) is 0 Å². The van der Waals surface area contributed by atoms with Gasteiger partial charge in [0.2, 0.25) is 0 Å². The van der Waals surface area contributed by atoms with Gasteiger partial charge in [-0.2, -0.15) is 13.2 Å². The molecule has 0 spiro atoms. The van der Waals surface area contributed by atoms with Gasteiger partial charge >= 0.3 is 12.1 Å². The van der Waals surface area contributed by atoms with Crippen molar-refractivity contribution in [3.8, 4) is 11.3 Å². The molecule has 0 fully saturated rings. The molecule has 10 heteroatoms. The van der Waals surface area contributed by atoms with E-state index in [-0.39, 0.29) is 39.1 Å². The zero-order valence-corrected chi connectivity index (χ0v) is 20.9. The van der Waals surface area contributed by atoms with Crippen LogP contribution in [0.15, 0.2) is 75.1 Å². The lowest BCUT2D eigenvalue weighted by Crippen LogP contribution is -2.21. The van der Waals surface area contributed by atoms with E-state index in [1.165, 1.54) is 19.9 Å². The molecule has 0 saturated carbocycles. The van der Waals surface area contributed by atoms with Crippen molar-refractivity contribution in [3.63, 3.8) is 0 Å². The van der Waals surface area contributed by atoms with Crippen LogP contribution in [0.2, 0.25) is 0 Å². The fourth-order valence-electron chi connectivity index (χ4n) is 3.79. The average molecular weight is 533 g/mol. The number of carbonyl (C=O) groups is 1. The van der Waals surface area contributed by atoms with E-state index in [9.17, 15) is 36.6 Å². The van der Waals surface area contributed by atoms with Gasteiger partial charge in [0, 0.05) is 28.0 Å². The summed E-state index contributed by atoms with van der Waals surface area (Å²) in [5.74, 6) is -3.55. The highest BCUT2D eigenvalue weighted by atomic mass is 19.4. The average Bonchev–Trinajstić information content (AvgIpc) is 2.84. The summed E-state index contributed by atoms with van der Waals surface area (Å²) in [6, 6.07) is 5.55. The highest BCUT2D eigenvalue weighted by Crippen LogP contribution is 2.32. The Labute approximate surface area is 214 Å². The summed E-state index contributed by atoms with van der Waals surface area (Å²) < 4.78 is 72.2. The summed E-state index contributed by atoms with van der Waals surface area (Å²) in [6.07, 6.45) is -3.09. The number of allylic oxidation sites excluding steroid dienone is 3. The molecule has 5 nitrogen and oxygen atoms in total. The Kier molecular flexibility index (Phi) is 7.95. The van der Waals surface area contributed by atoms with Crippen molar-refractivity contribution in [3.05, 3.63) is 104 Å². The molecule has 0 radical (unpaired) electrons. The molecule has 1 unspecified atom stereocenters. The molecule has 0 amide bonds. The number of benzene rings is 2. The molecule has 0 aliphatic rings. The molecule has 0 bridgehead atoms. The second-order valence-corrected chi connectivity index (χ2v) is 8.81. The van der Waals surface area contributed by atoms with Crippen LogP contribution in [-0.2, 0) is 4.79 Å². The third-order valence-electron chi connectivity index (χ3n) is 5.95. The van der Waals surface area contributed by atoms with Crippen molar-refractivity contribution < 1.29 is 36.3 Å². The standard InChI is InChI=1S/C28H24F5NO4/c1-13-10-19(17(5)34-23(15(3)27(36)37)9-6-14(2)28(31,32)33)26-20(11-13)24(35)16(4)25(38-26)18-7-8-21(29)22(30)12-18/h6-12,17,34H,2H2,1,3-5H3,(H,36,37)/b9-6-,23-15-. The highest BCUT2D eigenvalue weighted by molar-refractivity contribution is 5.87. The van der Waals surface area contributed by atoms with Gasteiger partial charge < -0.3 is 14.8 Å². The molecule has 1 aromatic heterocycles. The van der Waals surface area contributed by atoms with Crippen LogP contribution >= 0.6 is 0 Å². The molecule has 200 valence electrons. The van der Waals surface area contributed by atoms with Gasteiger partial charge in [0.25, 0.3) is 0 Å². The van der Waals surface area contributed by atoms with Gasteiger partial charge in [-0.05, 0) is 69.7 Å². The maximum absolute atomic E-state index is 13.9. The fourth-order valence-corrected chi connectivity index (χ4v) is 3.79. The van der Waals surface area contributed by atoms with Crippen molar-refractivity contribution in [1.82, 2.24) is 5.32 Å². The monoisotopic (exact) mass is 533 g/mol. The van der Waals surface area contributed by atoms with Crippen LogP contribution in [-0.4, -0.2) is 17.3 Å². The number of rotatable bonds is 7. The summed E-state index contributed by atoms with van der Waals surface area (Å²) >= 11 is 0. The second kappa shape index (κ2) is 10.6. The first-order valence-electron chi connectivity index (χ1n) is 11.3. The lowest BCUT2D eigenvalue weighted by molar-refractivity contribution is -0.132. The van der Waals surface area contributed by atoms with Crippen molar-refractivity contribution in [2.75, 3.05) is 0 Å². The lowest BCUT2D eigenvalue weighted by atomic mass is 9.98. The third kappa shape index (κ3) is 5.85. The van der Waals surface area contributed by atoms with Gasteiger partial charge in [-0.15, -0.1) is 0 Å². The van der Waals surface area contributed by atoms with Crippen LogP contribution in [0.5, 0.6) is 0 Å². The first-order chi connectivity index (χ1) is 17.6. The number of hydrogen-bond donors (Lipinski definition) is 2. The van der Waals surface area contributed by atoms with E-state index in [0.29, 0.717) is 17.2 Å². The molecule has 0 saturated heterocycles. The zero-order chi connectivity index (χ0) is 28.5. The van der Waals surface area contributed by atoms with Crippen LogP contribution < -0.4 is 10.7 Å². The Hall–Kier alpha value is -4.21. The van der Waals surface area contributed by atoms with Crippen LogP contribution in [0.25, 0.3) is 22.3 Å². The maximum Gasteiger partial charge on any atom is 0.415 e. The Morgan fingerprint density at radius 1 is 1.11 bits per heavy atom. The smallest absolute Gasteiger partial charge is 0.415 e. The molecule has 3 rings (SSSR count). The lowest BCUT2D eigenvalue weighted by Gasteiger charge is -2.20. The predicted molar refractivity (Wildman–Crippen MR) is 134 cm³/mol. The molecule has 3 aromatic rings. The zero-order valence-electron chi connectivity index (χ0n) is 20.9. The van der Waals surface area contributed by atoms with Crippen LogP contribution in [0.4, 0.5) is 22.0 Å². The van der Waals surface area contributed by atoms with E-state index in [1.807, 2.05) is 0 Å². The SMILES string of the molecule is C=C(/C=C\C(NC(C)c1cc(C)cc2c(=O)c(C)c(-c3ccc(F)c(F)c3)oc12)=C(/C)C(=O)O)C(F)(F)F. The minimum absolute atomic E-state index is 0.0116. The van der Waals surface area contributed by atoms with Crippen LogP contribution in [0.1, 0.15) is 36.6 Å². The molecule has 1 heterocycles. The fraction of sp³-hybridized carbons (Fsp3) is 0.214. The van der Waals surface area contributed by atoms with E-state index < -0.39 is 40.8 Å². The quantitative estimate of drug-likeness (QED) is 0.194. The van der Waals surface area contributed by atoms with E-state index in [1.54, 1.807) is 26.0 Å². The molecule has 2 aromatic carbocycles. The molecule has 38 heavy (non-hydrogen) atoms. The van der Waals surface area contributed by atoms with E-state index in [2.05, 4.69) is 11.9 Å². The molecular weight excluding hydrogens is 509 g/mol. The van der Waals surface area contributed by atoms with E-state index in [0.717, 1.165) is 18.2 Å². The number of aliphatic carboxylic acids is 1. The summed E-state index contributed by atoms with van der Waals surface area (Å²) in [5.41, 5.74) is -0.542. The number of hydrogen-bond acceptors (Lipinski definition) is 4. The van der Waals surface area contributed by atoms with Gasteiger partial charge in [0.05, 0.1) is 17.0 Å². The van der Waals surface area contributed by atoms with Gasteiger partial charge in [0.1, 0.15) is 11.3 Å². The maximum atomic E-state index is 13.9. The number of halogens is 5. The minimum Gasteiger partial charge on any atom is -0.478 e. The van der Waals surface area contributed by atoms with Crippen molar-refractivity contribution in [2.45, 2.75) is 39.9 Å². The summed E-state index contributed by atoms with van der Waals surface area (Å²) in [5, 5.41) is 12.5. The molecule has 0 aliphatic carbocycles. The van der Waals surface area contributed by atoms with Crippen LogP contribution in [0.3, 0.4) is 0 Å². The van der Waals surface area contributed by atoms with E-state index >= 15 is 0 Å².